The predicted octanol–water partition coefficient (Wildman–Crippen LogP) is 1.000. The van der Waals surface area contributed by atoms with Crippen LogP contribution in [0.5, 0.6) is 0 Å². The maximum atomic E-state index is 13.0. The summed E-state index contributed by atoms with van der Waals surface area (Å²) in [6.45, 7) is 10.4. The van der Waals surface area contributed by atoms with Crippen molar-refractivity contribution < 1.29 is 14.1 Å². The number of carbonyl (C=O) groups excluding carboxylic acids is 2. The van der Waals surface area contributed by atoms with E-state index < -0.39 is 0 Å². The summed E-state index contributed by atoms with van der Waals surface area (Å²) in [5, 5.41) is 11.1. The second-order valence-corrected chi connectivity index (χ2v) is 8.13. The molecule has 2 aromatic rings. The number of rotatable bonds is 4. The van der Waals surface area contributed by atoms with Gasteiger partial charge in [0.2, 0.25) is 5.91 Å². The van der Waals surface area contributed by atoms with Gasteiger partial charge in [-0.1, -0.05) is 5.16 Å². The third-order valence-electron chi connectivity index (χ3n) is 5.82. The average molecular weight is 400 g/mol. The summed E-state index contributed by atoms with van der Waals surface area (Å²) in [7, 11) is 0. The fraction of sp³-hybridized carbons (Fsp3) is 0.600. The van der Waals surface area contributed by atoms with Crippen molar-refractivity contribution >= 4 is 11.8 Å². The number of aromatic nitrogens is 3. The van der Waals surface area contributed by atoms with Gasteiger partial charge in [-0.25, -0.2) is 0 Å². The van der Waals surface area contributed by atoms with Gasteiger partial charge in [0.15, 0.2) is 5.69 Å². The zero-order valence-corrected chi connectivity index (χ0v) is 17.3. The summed E-state index contributed by atoms with van der Waals surface area (Å²) in [4.78, 5) is 31.6. The van der Waals surface area contributed by atoms with Crippen LogP contribution in [-0.2, 0) is 24.2 Å². The van der Waals surface area contributed by atoms with E-state index in [0.29, 0.717) is 37.0 Å². The molecule has 0 radical (unpaired) electrons. The van der Waals surface area contributed by atoms with Crippen LogP contribution in [0, 0.1) is 6.92 Å². The highest BCUT2D eigenvalue weighted by atomic mass is 16.5. The molecule has 0 spiro atoms. The number of piperazine rings is 1. The molecule has 0 aliphatic carbocycles. The lowest BCUT2D eigenvalue weighted by Crippen LogP contribution is -2.51. The molecule has 2 aromatic heterocycles. The summed E-state index contributed by atoms with van der Waals surface area (Å²) < 4.78 is 5.15. The zero-order valence-electron chi connectivity index (χ0n) is 17.3. The van der Waals surface area contributed by atoms with Crippen molar-refractivity contribution in [2.45, 2.75) is 46.2 Å². The van der Waals surface area contributed by atoms with Crippen LogP contribution >= 0.6 is 0 Å². The molecule has 0 unspecified atom stereocenters. The van der Waals surface area contributed by atoms with Crippen LogP contribution in [0.25, 0.3) is 0 Å². The van der Waals surface area contributed by atoms with E-state index in [-0.39, 0.29) is 18.2 Å². The standard InChI is InChI=1S/C20H28N6O3/c1-13(2)24-6-8-25(9-7-24)20(28)19-16-4-5-26(12-17(16)21-22-19)18(27)11-15-10-14(3)23-29-15/h10,13H,4-9,11-12H2,1-3H3,(H,21,22). The Labute approximate surface area is 170 Å². The van der Waals surface area contributed by atoms with Gasteiger partial charge in [0, 0.05) is 50.4 Å². The van der Waals surface area contributed by atoms with Crippen LogP contribution < -0.4 is 0 Å². The lowest BCUT2D eigenvalue weighted by Gasteiger charge is -2.36. The van der Waals surface area contributed by atoms with Gasteiger partial charge in [-0.3, -0.25) is 19.6 Å². The minimum atomic E-state index is -0.0147. The molecule has 9 heteroatoms. The number of carbonyl (C=O) groups is 2. The lowest BCUT2D eigenvalue weighted by atomic mass is 10.0. The highest BCUT2D eigenvalue weighted by Gasteiger charge is 2.31. The minimum absolute atomic E-state index is 0.0113. The van der Waals surface area contributed by atoms with Gasteiger partial charge in [0.25, 0.3) is 5.91 Å². The first-order valence-electron chi connectivity index (χ1n) is 10.2. The number of hydrogen-bond acceptors (Lipinski definition) is 6. The van der Waals surface area contributed by atoms with E-state index in [2.05, 4.69) is 34.1 Å². The molecule has 1 saturated heterocycles. The molecule has 2 aliphatic heterocycles. The highest BCUT2D eigenvalue weighted by molar-refractivity contribution is 5.94. The number of nitrogens with one attached hydrogen (secondary N) is 1. The number of hydrogen-bond donors (Lipinski definition) is 1. The van der Waals surface area contributed by atoms with Gasteiger partial charge < -0.3 is 14.3 Å². The Morgan fingerprint density at radius 1 is 1.17 bits per heavy atom. The molecule has 1 N–H and O–H groups in total. The Kier molecular flexibility index (Phi) is 5.40. The summed E-state index contributed by atoms with van der Waals surface area (Å²) in [5.41, 5.74) is 3.07. The molecule has 2 amide bonds. The van der Waals surface area contributed by atoms with Crippen molar-refractivity contribution in [2.24, 2.45) is 0 Å². The fourth-order valence-corrected chi connectivity index (χ4v) is 4.06. The third kappa shape index (κ3) is 4.05. The van der Waals surface area contributed by atoms with Crippen LogP contribution in [0.3, 0.4) is 0 Å². The molecule has 4 rings (SSSR count). The van der Waals surface area contributed by atoms with Crippen molar-refractivity contribution in [2.75, 3.05) is 32.7 Å². The van der Waals surface area contributed by atoms with Gasteiger partial charge in [-0.15, -0.1) is 0 Å². The third-order valence-corrected chi connectivity index (χ3v) is 5.82. The number of aromatic amines is 1. The normalized spacial score (nSPS) is 17.7. The molecular weight excluding hydrogens is 372 g/mol. The molecule has 0 bridgehead atoms. The maximum Gasteiger partial charge on any atom is 0.274 e. The van der Waals surface area contributed by atoms with Gasteiger partial charge in [-0.2, -0.15) is 5.10 Å². The van der Waals surface area contributed by atoms with E-state index in [1.807, 2.05) is 11.8 Å². The lowest BCUT2D eigenvalue weighted by molar-refractivity contribution is -0.131. The second-order valence-electron chi connectivity index (χ2n) is 8.13. The number of fused-ring (bicyclic) bond motifs is 1. The number of nitrogens with zero attached hydrogens (tertiary/aromatic N) is 5. The monoisotopic (exact) mass is 400 g/mol. The van der Waals surface area contributed by atoms with E-state index in [1.54, 1.807) is 11.0 Å². The van der Waals surface area contributed by atoms with E-state index in [0.717, 1.165) is 43.1 Å². The van der Waals surface area contributed by atoms with Gasteiger partial charge in [0.05, 0.1) is 24.4 Å². The Morgan fingerprint density at radius 2 is 1.93 bits per heavy atom. The predicted molar refractivity (Wildman–Crippen MR) is 105 cm³/mol. The van der Waals surface area contributed by atoms with E-state index in [4.69, 9.17) is 4.52 Å². The van der Waals surface area contributed by atoms with Crippen molar-refractivity contribution in [1.29, 1.82) is 0 Å². The van der Waals surface area contributed by atoms with Crippen LogP contribution in [0.15, 0.2) is 10.6 Å². The van der Waals surface area contributed by atoms with E-state index in [1.165, 1.54) is 0 Å². The summed E-state index contributed by atoms with van der Waals surface area (Å²) >= 11 is 0. The summed E-state index contributed by atoms with van der Waals surface area (Å²) in [5.74, 6) is 0.543. The first-order chi connectivity index (χ1) is 13.9. The van der Waals surface area contributed by atoms with Crippen LogP contribution in [-0.4, -0.2) is 80.6 Å². The SMILES string of the molecule is Cc1cc(CC(=O)N2CCc3c(C(=O)N4CCN(C(C)C)CC4)n[nH]c3C2)on1. The first kappa shape index (κ1) is 19.6. The fourth-order valence-electron chi connectivity index (χ4n) is 4.06. The van der Waals surface area contributed by atoms with Crippen LogP contribution in [0.4, 0.5) is 0 Å². The largest absolute Gasteiger partial charge is 0.361 e. The average Bonchev–Trinajstić information content (AvgIpc) is 3.32. The number of H-pyrrole nitrogens is 1. The van der Waals surface area contributed by atoms with Crippen molar-refractivity contribution in [3.05, 3.63) is 34.5 Å². The Morgan fingerprint density at radius 3 is 2.59 bits per heavy atom. The van der Waals surface area contributed by atoms with Crippen molar-refractivity contribution in [1.82, 2.24) is 30.1 Å². The highest BCUT2D eigenvalue weighted by Crippen LogP contribution is 2.23. The molecule has 4 heterocycles. The molecule has 156 valence electrons. The Bertz CT molecular complexity index is 894. The van der Waals surface area contributed by atoms with Crippen molar-refractivity contribution in [3.8, 4) is 0 Å². The molecule has 0 aromatic carbocycles. The van der Waals surface area contributed by atoms with E-state index >= 15 is 0 Å². The molecule has 0 atom stereocenters. The molecule has 1 fully saturated rings. The summed E-state index contributed by atoms with van der Waals surface area (Å²) in [6.07, 6.45) is 0.816. The first-order valence-corrected chi connectivity index (χ1v) is 10.2. The Balaban J connectivity index is 1.39. The maximum absolute atomic E-state index is 13.0. The number of aryl methyl sites for hydroxylation is 1. The number of amides is 2. The molecule has 2 aliphatic rings. The topological polar surface area (TPSA) is 98.6 Å². The molecular formula is C20H28N6O3. The van der Waals surface area contributed by atoms with Gasteiger partial charge in [0.1, 0.15) is 5.76 Å². The molecule has 9 nitrogen and oxygen atoms in total. The zero-order chi connectivity index (χ0) is 20.5. The summed E-state index contributed by atoms with van der Waals surface area (Å²) in [6, 6.07) is 2.27. The van der Waals surface area contributed by atoms with Crippen LogP contribution in [0.1, 0.15) is 47.0 Å². The smallest absolute Gasteiger partial charge is 0.274 e. The minimum Gasteiger partial charge on any atom is -0.361 e. The quantitative estimate of drug-likeness (QED) is 0.822. The van der Waals surface area contributed by atoms with Crippen molar-refractivity contribution in [3.63, 3.8) is 0 Å². The molecule has 29 heavy (non-hydrogen) atoms. The van der Waals surface area contributed by atoms with Gasteiger partial charge in [-0.05, 0) is 27.2 Å². The van der Waals surface area contributed by atoms with Crippen LogP contribution in [0.2, 0.25) is 0 Å². The molecule has 0 saturated carbocycles. The second kappa shape index (κ2) is 7.98. The van der Waals surface area contributed by atoms with E-state index in [9.17, 15) is 9.59 Å². The Hall–Kier alpha value is -2.68. The van der Waals surface area contributed by atoms with Gasteiger partial charge >= 0.3 is 0 Å².